The minimum absolute atomic E-state index is 0.169. The van der Waals surface area contributed by atoms with Gasteiger partial charge in [0, 0.05) is 41.0 Å². The van der Waals surface area contributed by atoms with E-state index < -0.39 is 5.41 Å². The lowest BCUT2D eigenvalue weighted by Crippen LogP contribution is -2.26. The Morgan fingerprint density at radius 1 is 1.09 bits per heavy atom. The van der Waals surface area contributed by atoms with Gasteiger partial charge in [0.15, 0.2) is 0 Å². The number of rotatable bonds is 6. The molecule has 1 saturated carbocycles. The van der Waals surface area contributed by atoms with E-state index in [1.807, 2.05) is 33.9 Å². The first kappa shape index (κ1) is 23.5. The van der Waals surface area contributed by atoms with Crippen LogP contribution in [0.3, 0.4) is 0 Å². The van der Waals surface area contributed by atoms with E-state index in [0.29, 0.717) is 5.92 Å². The molecule has 5 rings (SSSR count). The Labute approximate surface area is 207 Å². The summed E-state index contributed by atoms with van der Waals surface area (Å²) in [5, 5.41) is 4.15. The van der Waals surface area contributed by atoms with Crippen molar-refractivity contribution in [2.24, 2.45) is 5.92 Å². The van der Waals surface area contributed by atoms with Crippen LogP contribution in [-0.4, -0.2) is 20.5 Å². The van der Waals surface area contributed by atoms with Gasteiger partial charge in [-0.3, -0.25) is 9.78 Å². The predicted octanol–water partition coefficient (Wildman–Crippen LogP) is 7.42. The standard InChI is InChI=1S/C30H35N3O2/c1-19-28(20(2)35-32-19)24-15-27-29(31-16-24)26(18-33(27)17-22-9-7-6-8-10-22)23-11-13-25(14-12-23)30(4,5)21(3)34/h11-16,18,22H,6-10,17H2,1-5H3. The molecular formula is C30H35N3O2. The lowest BCUT2D eigenvalue weighted by molar-refractivity contribution is -0.121. The first-order valence-corrected chi connectivity index (χ1v) is 12.8. The molecule has 0 amide bonds. The van der Waals surface area contributed by atoms with Gasteiger partial charge >= 0.3 is 0 Å². The monoisotopic (exact) mass is 469 g/mol. The molecule has 0 aliphatic heterocycles. The number of aromatic nitrogens is 3. The first-order valence-electron chi connectivity index (χ1n) is 12.8. The van der Waals surface area contributed by atoms with E-state index in [0.717, 1.165) is 56.8 Å². The lowest BCUT2D eigenvalue weighted by atomic mass is 9.81. The summed E-state index contributed by atoms with van der Waals surface area (Å²) in [6.45, 7) is 10.6. The van der Waals surface area contributed by atoms with Gasteiger partial charge in [-0.25, -0.2) is 0 Å². The van der Waals surface area contributed by atoms with Gasteiger partial charge in [-0.2, -0.15) is 0 Å². The van der Waals surface area contributed by atoms with Gasteiger partial charge in [-0.05, 0) is 70.6 Å². The van der Waals surface area contributed by atoms with Crippen LogP contribution in [0.1, 0.15) is 69.9 Å². The Balaban J connectivity index is 1.60. The number of benzene rings is 1. The summed E-state index contributed by atoms with van der Waals surface area (Å²) in [6.07, 6.45) is 10.8. The highest BCUT2D eigenvalue weighted by atomic mass is 16.5. The summed E-state index contributed by atoms with van der Waals surface area (Å²) < 4.78 is 7.84. The van der Waals surface area contributed by atoms with Gasteiger partial charge in [0.05, 0.1) is 16.7 Å². The molecule has 0 spiro atoms. The summed E-state index contributed by atoms with van der Waals surface area (Å²) >= 11 is 0. The fraction of sp³-hybridized carbons (Fsp3) is 0.433. The van der Waals surface area contributed by atoms with Crippen LogP contribution in [0.25, 0.3) is 33.3 Å². The van der Waals surface area contributed by atoms with Crippen molar-refractivity contribution in [3.05, 3.63) is 59.7 Å². The highest BCUT2D eigenvalue weighted by Gasteiger charge is 2.26. The van der Waals surface area contributed by atoms with E-state index in [1.54, 1.807) is 6.92 Å². The number of hydrogen-bond donors (Lipinski definition) is 0. The van der Waals surface area contributed by atoms with Gasteiger partial charge in [0.1, 0.15) is 11.5 Å². The van der Waals surface area contributed by atoms with Crippen LogP contribution in [0.4, 0.5) is 0 Å². The molecule has 1 aliphatic rings. The third kappa shape index (κ3) is 4.33. The third-order valence-electron chi connectivity index (χ3n) is 8.02. The average Bonchev–Trinajstić information content (AvgIpc) is 3.38. The smallest absolute Gasteiger partial charge is 0.141 e. The van der Waals surface area contributed by atoms with E-state index in [-0.39, 0.29) is 5.78 Å². The molecule has 0 unspecified atom stereocenters. The van der Waals surface area contributed by atoms with Gasteiger partial charge < -0.3 is 9.09 Å². The van der Waals surface area contributed by atoms with Crippen molar-refractivity contribution in [1.29, 1.82) is 0 Å². The zero-order valence-electron chi connectivity index (χ0n) is 21.5. The molecule has 1 fully saturated rings. The minimum Gasteiger partial charge on any atom is -0.361 e. The number of fused-ring (bicyclic) bond motifs is 1. The number of aryl methyl sites for hydroxylation is 2. The van der Waals surface area contributed by atoms with E-state index in [4.69, 9.17) is 9.51 Å². The topological polar surface area (TPSA) is 60.9 Å². The molecular weight excluding hydrogens is 434 g/mol. The van der Waals surface area contributed by atoms with Crippen molar-refractivity contribution in [1.82, 2.24) is 14.7 Å². The quantitative estimate of drug-likeness (QED) is 0.295. The molecule has 4 aromatic rings. The molecule has 0 bridgehead atoms. The SMILES string of the molecule is CC(=O)C(C)(C)c1ccc(-c2cn(CC3CCCCC3)c3cc(-c4c(C)noc4C)cnc23)cc1. The van der Waals surface area contributed by atoms with Crippen molar-refractivity contribution in [2.45, 2.75) is 78.7 Å². The number of carbonyl (C=O) groups excluding carboxylic acids is 1. The number of nitrogens with zero attached hydrogens (tertiary/aromatic N) is 3. The summed E-state index contributed by atoms with van der Waals surface area (Å²) in [6, 6.07) is 10.7. The fourth-order valence-corrected chi connectivity index (χ4v) is 5.48. The molecule has 3 aromatic heterocycles. The van der Waals surface area contributed by atoms with Crippen LogP contribution in [-0.2, 0) is 16.8 Å². The number of carbonyl (C=O) groups is 1. The van der Waals surface area contributed by atoms with Crippen LogP contribution in [0.2, 0.25) is 0 Å². The average molecular weight is 470 g/mol. The maximum absolute atomic E-state index is 12.1. The summed E-state index contributed by atoms with van der Waals surface area (Å²) in [5.74, 6) is 1.69. The van der Waals surface area contributed by atoms with Gasteiger partial charge in [0.25, 0.3) is 0 Å². The van der Waals surface area contributed by atoms with Crippen LogP contribution in [0, 0.1) is 19.8 Å². The van der Waals surface area contributed by atoms with Crippen molar-refractivity contribution >= 4 is 16.8 Å². The maximum Gasteiger partial charge on any atom is 0.141 e. The second-order valence-corrected chi connectivity index (χ2v) is 10.7. The molecule has 0 atom stereocenters. The number of hydrogen-bond acceptors (Lipinski definition) is 4. The van der Waals surface area contributed by atoms with Gasteiger partial charge in [-0.1, -0.05) is 48.7 Å². The number of ketones is 1. The summed E-state index contributed by atoms with van der Waals surface area (Å²) in [5.41, 5.74) is 7.92. The Kier molecular flexibility index (Phi) is 6.12. The number of Topliss-reactive ketones (excluding diaryl/α,β-unsaturated/α-hetero) is 1. The third-order valence-corrected chi connectivity index (χ3v) is 8.02. The van der Waals surface area contributed by atoms with Crippen LogP contribution in [0.15, 0.2) is 47.2 Å². The highest BCUT2D eigenvalue weighted by Crippen LogP contribution is 2.36. The van der Waals surface area contributed by atoms with Crippen molar-refractivity contribution in [3.8, 4) is 22.3 Å². The Hall–Kier alpha value is -3.21. The number of pyridine rings is 1. The van der Waals surface area contributed by atoms with Crippen LogP contribution in [0.5, 0.6) is 0 Å². The summed E-state index contributed by atoms with van der Waals surface area (Å²) in [4.78, 5) is 17.1. The van der Waals surface area contributed by atoms with E-state index >= 15 is 0 Å². The zero-order chi connectivity index (χ0) is 24.7. The van der Waals surface area contributed by atoms with Gasteiger partial charge in [0.2, 0.25) is 0 Å². The van der Waals surface area contributed by atoms with Crippen LogP contribution >= 0.6 is 0 Å². The minimum atomic E-state index is -0.491. The lowest BCUT2D eigenvalue weighted by Gasteiger charge is -2.22. The molecule has 35 heavy (non-hydrogen) atoms. The molecule has 0 radical (unpaired) electrons. The molecule has 5 nitrogen and oxygen atoms in total. The second-order valence-electron chi connectivity index (χ2n) is 10.7. The van der Waals surface area contributed by atoms with E-state index in [9.17, 15) is 4.79 Å². The fourth-order valence-electron chi connectivity index (χ4n) is 5.48. The molecule has 5 heteroatoms. The largest absolute Gasteiger partial charge is 0.361 e. The summed E-state index contributed by atoms with van der Waals surface area (Å²) in [7, 11) is 0. The van der Waals surface area contributed by atoms with E-state index in [1.165, 1.54) is 32.1 Å². The molecule has 1 aliphatic carbocycles. The van der Waals surface area contributed by atoms with Crippen molar-refractivity contribution in [2.75, 3.05) is 0 Å². The Morgan fingerprint density at radius 3 is 2.43 bits per heavy atom. The highest BCUT2D eigenvalue weighted by molar-refractivity contribution is 5.95. The van der Waals surface area contributed by atoms with E-state index in [2.05, 4.69) is 46.3 Å². The molecule has 1 aromatic carbocycles. The Morgan fingerprint density at radius 2 is 1.80 bits per heavy atom. The molecule has 182 valence electrons. The van der Waals surface area contributed by atoms with Crippen LogP contribution < -0.4 is 0 Å². The molecule has 0 N–H and O–H groups in total. The van der Waals surface area contributed by atoms with Crippen molar-refractivity contribution in [3.63, 3.8) is 0 Å². The van der Waals surface area contributed by atoms with Crippen molar-refractivity contribution < 1.29 is 9.32 Å². The second kappa shape index (κ2) is 9.10. The normalized spacial score (nSPS) is 15.1. The maximum atomic E-state index is 12.1. The van der Waals surface area contributed by atoms with Gasteiger partial charge in [-0.15, -0.1) is 0 Å². The Bertz CT molecular complexity index is 1350. The predicted molar refractivity (Wildman–Crippen MR) is 140 cm³/mol. The zero-order valence-corrected chi connectivity index (χ0v) is 21.5. The molecule has 0 saturated heterocycles. The molecule has 3 heterocycles. The first-order chi connectivity index (χ1) is 16.8.